The number of carbonyl (C=O) groups is 1. The summed E-state index contributed by atoms with van der Waals surface area (Å²) in [6, 6.07) is 12.6. The minimum absolute atomic E-state index is 0.158. The van der Waals surface area contributed by atoms with Crippen molar-refractivity contribution in [3.63, 3.8) is 0 Å². The Morgan fingerprint density at radius 1 is 1.19 bits per heavy atom. The van der Waals surface area contributed by atoms with E-state index in [-0.39, 0.29) is 5.91 Å². The zero-order valence-electron chi connectivity index (χ0n) is 15.6. The Morgan fingerprint density at radius 2 is 2.11 bits per heavy atom. The van der Waals surface area contributed by atoms with Gasteiger partial charge in [0.25, 0.3) is 0 Å². The Kier molecular flexibility index (Phi) is 5.16. The predicted molar refractivity (Wildman–Crippen MR) is 105 cm³/mol. The highest BCUT2D eigenvalue weighted by Crippen LogP contribution is 2.20. The SMILES string of the molecule is CC(=O)N1CCN(Cc2ccn[nH]2)CC(Cc2ccc3ncccc3c2)C1. The molecule has 0 radical (unpaired) electrons. The van der Waals surface area contributed by atoms with Crippen molar-refractivity contribution in [2.75, 3.05) is 26.2 Å². The Bertz CT molecular complexity index is 908. The molecule has 0 aliphatic carbocycles. The van der Waals surface area contributed by atoms with E-state index in [2.05, 4.69) is 44.3 Å². The fourth-order valence-electron chi connectivity index (χ4n) is 3.94. The molecular formula is C21H25N5O. The Morgan fingerprint density at radius 3 is 2.93 bits per heavy atom. The van der Waals surface area contributed by atoms with Gasteiger partial charge in [-0.25, -0.2) is 0 Å². The van der Waals surface area contributed by atoms with E-state index >= 15 is 0 Å². The summed E-state index contributed by atoms with van der Waals surface area (Å²) in [7, 11) is 0. The lowest BCUT2D eigenvalue weighted by Crippen LogP contribution is -2.34. The van der Waals surface area contributed by atoms with Crippen molar-refractivity contribution in [2.45, 2.75) is 19.9 Å². The number of rotatable bonds is 4. The highest BCUT2D eigenvalue weighted by atomic mass is 16.2. The molecule has 3 heterocycles. The number of hydrogen-bond donors (Lipinski definition) is 1. The number of benzene rings is 1. The molecule has 1 unspecified atom stereocenters. The fourth-order valence-corrected chi connectivity index (χ4v) is 3.94. The summed E-state index contributed by atoms with van der Waals surface area (Å²) in [5.41, 5.74) is 3.43. The van der Waals surface area contributed by atoms with E-state index in [1.54, 1.807) is 13.1 Å². The average molecular weight is 363 g/mol. The molecule has 0 spiro atoms. The second-order valence-electron chi connectivity index (χ2n) is 7.38. The smallest absolute Gasteiger partial charge is 0.219 e. The van der Waals surface area contributed by atoms with Gasteiger partial charge in [0.05, 0.1) is 5.52 Å². The maximum absolute atomic E-state index is 12.0. The van der Waals surface area contributed by atoms with Gasteiger partial charge in [-0.1, -0.05) is 12.1 Å². The van der Waals surface area contributed by atoms with Gasteiger partial charge in [-0.05, 0) is 42.2 Å². The summed E-state index contributed by atoms with van der Waals surface area (Å²) in [6.45, 7) is 5.94. The first-order chi connectivity index (χ1) is 13.2. The predicted octanol–water partition coefficient (Wildman–Crippen LogP) is 2.48. The molecule has 0 saturated carbocycles. The summed E-state index contributed by atoms with van der Waals surface area (Å²) >= 11 is 0. The van der Waals surface area contributed by atoms with E-state index in [4.69, 9.17) is 0 Å². The third-order valence-electron chi connectivity index (χ3n) is 5.27. The molecule has 1 N–H and O–H groups in total. The van der Waals surface area contributed by atoms with Gasteiger partial charge in [0.15, 0.2) is 0 Å². The van der Waals surface area contributed by atoms with Crippen molar-refractivity contribution in [3.05, 3.63) is 60.0 Å². The van der Waals surface area contributed by atoms with Gasteiger partial charge < -0.3 is 4.90 Å². The molecule has 1 aliphatic rings. The van der Waals surface area contributed by atoms with Gasteiger partial charge in [-0.15, -0.1) is 0 Å². The number of nitrogens with one attached hydrogen (secondary N) is 1. The third kappa shape index (κ3) is 4.34. The van der Waals surface area contributed by atoms with Gasteiger partial charge in [-0.2, -0.15) is 5.10 Å². The van der Waals surface area contributed by atoms with Crippen LogP contribution in [0.3, 0.4) is 0 Å². The lowest BCUT2D eigenvalue weighted by atomic mass is 9.97. The van der Waals surface area contributed by atoms with Crippen molar-refractivity contribution in [1.29, 1.82) is 0 Å². The number of pyridine rings is 1. The van der Waals surface area contributed by atoms with Crippen LogP contribution in [-0.2, 0) is 17.8 Å². The average Bonchev–Trinajstić information content (AvgIpc) is 3.09. The topological polar surface area (TPSA) is 65.1 Å². The Hall–Kier alpha value is -2.73. The number of carbonyl (C=O) groups excluding carboxylic acids is 1. The summed E-state index contributed by atoms with van der Waals surface area (Å²) < 4.78 is 0. The number of H-pyrrole nitrogens is 1. The van der Waals surface area contributed by atoms with E-state index in [1.165, 1.54) is 10.9 Å². The second-order valence-corrected chi connectivity index (χ2v) is 7.38. The quantitative estimate of drug-likeness (QED) is 0.773. The molecule has 140 valence electrons. The van der Waals surface area contributed by atoms with Crippen LogP contribution in [0.2, 0.25) is 0 Å². The van der Waals surface area contributed by atoms with Crippen LogP contribution in [0.4, 0.5) is 0 Å². The molecule has 1 saturated heterocycles. The normalized spacial score (nSPS) is 18.6. The van der Waals surface area contributed by atoms with E-state index in [0.29, 0.717) is 5.92 Å². The summed E-state index contributed by atoms with van der Waals surface area (Å²) in [4.78, 5) is 20.8. The van der Waals surface area contributed by atoms with E-state index in [9.17, 15) is 4.79 Å². The maximum Gasteiger partial charge on any atom is 0.219 e. The maximum atomic E-state index is 12.0. The van der Waals surface area contributed by atoms with Crippen molar-refractivity contribution in [1.82, 2.24) is 25.0 Å². The van der Waals surface area contributed by atoms with E-state index in [1.807, 2.05) is 23.2 Å². The summed E-state index contributed by atoms with van der Waals surface area (Å²) in [6.07, 6.45) is 4.56. The third-order valence-corrected chi connectivity index (χ3v) is 5.27. The van der Waals surface area contributed by atoms with Gasteiger partial charge in [0.2, 0.25) is 5.91 Å². The largest absolute Gasteiger partial charge is 0.341 e. The molecule has 0 bridgehead atoms. The second kappa shape index (κ2) is 7.88. The van der Waals surface area contributed by atoms with Crippen molar-refractivity contribution >= 4 is 16.8 Å². The van der Waals surface area contributed by atoms with Crippen molar-refractivity contribution < 1.29 is 4.79 Å². The molecule has 1 amide bonds. The van der Waals surface area contributed by atoms with Crippen molar-refractivity contribution in [2.24, 2.45) is 5.92 Å². The van der Waals surface area contributed by atoms with Gasteiger partial charge in [-0.3, -0.25) is 19.8 Å². The first-order valence-electron chi connectivity index (χ1n) is 9.47. The van der Waals surface area contributed by atoms with Crippen LogP contribution in [0.15, 0.2) is 48.8 Å². The number of fused-ring (bicyclic) bond motifs is 1. The van der Waals surface area contributed by atoms with Crippen LogP contribution >= 0.6 is 0 Å². The van der Waals surface area contributed by atoms with E-state index in [0.717, 1.165) is 50.4 Å². The Labute approximate surface area is 159 Å². The number of aromatic nitrogens is 3. The summed E-state index contributed by atoms with van der Waals surface area (Å²) in [5.74, 6) is 0.555. The molecule has 1 fully saturated rings. The first kappa shape index (κ1) is 17.7. The van der Waals surface area contributed by atoms with Crippen LogP contribution in [0.25, 0.3) is 10.9 Å². The zero-order chi connectivity index (χ0) is 18.6. The monoisotopic (exact) mass is 363 g/mol. The molecule has 6 nitrogen and oxygen atoms in total. The van der Waals surface area contributed by atoms with Gasteiger partial charge in [0, 0.05) is 63.1 Å². The molecule has 1 aromatic carbocycles. The molecule has 27 heavy (non-hydrogen) atoms. The zero-order valence-corrected chi connectivity index (χ0v) is 15.6. The fraction of sp³-hybridized carbons (Fsp3) is 0.381. The van der Waals surface area contributed by atoms with Crippen molar-refractivity contribution in [3.8, 4) is 0 Å². The molecule has 1 aliphatic heterocycles. The van der Waals surface area contributed by atoms with Crippen LogP contribution in [-0.4, -0.2) is 57.1 Å². The highest BCUT2D eigenvalue weighted by Gasteiger charge is 2.24. The number of aromatic amines is 1. The standard InChI is InChI=1S/C21H25N5O/c1-16(27)26-10-9-25(15-20-6-8-23-24-20)13-18(14-26)11-17-4-5-21-19(12-17)3-2-7-22-21/h2-8,12,18H,9-11,13-15H2,1H3,(H,23,24). The van der Waals surface area contributed by atoms with Crippen LogP contribution in [0.1, 0.15) is 18.2 Å². The van der Waals surface area contributed by atoms with Gasteiger partial charge in [0.1, 0.15) is 0 Å². The number of amides is 1. The first-order valence-corrected chi connectivity index (χ1v) is 9.47. The molecule has 4 rings (SSSR count). The lowest BCUT2D eigenvalue weighted by Gasteiger charge is -2.24. The molecular weight excluding hydrogens is 338 g/mol. The number of nitrogens with zero attached hydrogens (tertiary/aromatic N) is 4. The van der Waals surface area contributed by atoms with Crippen LogP contribution in [0.5, 0.6) is 0 Å². The summed E-state index contributed by atoms with van der Waals surface area (Å²) in [5, 5.41) is 8.26. The molecule has 6 heteroatoms. The molecule has 1 atom stereocenters. The number of hydrogen-bond acceptors (Lipinski definition) is 4. The minimum Gasteiger partial charge on any atom is -0.341 e. The lowest BCUT2D eigenvalue weighted by molar-refractivity contribution is -0.129. The molecule has 3 aromatic rings. The van der Waals surface area contributed by atoms with Crippen LogP contribution in [0, 0.1) is 5.92 Å². The molecule has 2 aromatic heterocycles. The van der Waals surface area contributed by atoms with Crippen LogP contribution < -0.4 is 0 Å². The Balaban J connectivity index is 1.52. The minimum atomic E-state index is 0.158. The van der Waals surface area contributed by atoms with Gasteiger partial charge >= 0.3 is 0 Å². The highest BCUT2D eigenvalue weighted by molar-refractivity contribution is 5.78. The van der Waals surface area contributed by atoms with E-state index < -0.39 is 0 Å².